The molecular weight excluding hydrogens is 262 g/mol. The summed E-state index contributed by atoms with van der Waals surface area (Å²) in [5.74, 6) is -1.27. The molecule has 0 bridgehead atoms. The third kappa shape index (κ3) is 2.89. The third-order valence-corrected chi connectivity index (χ3v) is 3.36. The molecule has 0 saturated heterocycles. The van der Waals surface area contributed by atoms with Crippen LogP contribution in [0.2, 0.25) is 0 Å². The molecule has 7 nitrogen and oxygen atoms in total. The maximum Gasteiger partial charge on any atom is 0.341 e. The van der Waals surface area contributed by atoms with Gasteiger partial charge in [0.15, 0.2) is 0 Å². The standard InChI is InChI=1S/C10H13NO6S/c1-4-8(12)11-18(14,15)9-5-7(6(2)17-9)10(13)16-3/h5H,4H2,1-3H3,(H,11,12). The van der Waals surface area contributed by atoms with Crippen LogP contribution in [-0.4, -0.2) is 27.4 Å². The van der Waals surface area contributed by atoms with E-state index in [9.17, 15) is 18.0 Å². The fourth-order valence-electron chi connectivity index (χ4n) is 1.17. The minimum atomic E-state index is -4.09. The van der Waals surface area contributed by atoms with Crippen molar-refractivity contribution in [1.29, 1.82) is 0 Å². The van der Waals surface area contributed by atoms with Gasteiger partial charge in [0.25, 0.3) is 10.0 Å². The summed E-state index contributed by atoms with van der Waals surface area (Å²) in [6.07, 6.45) is 0.0166. The van der Waals surface area contributed by atoms with E-state index in [1.54, 1.807) is 0 Å². The van der Waals surface area contributed by atoms with E-state index < -0.39 is 27.0 Å². The smallest absolute Gasteiger partial charge is 0.341 e. The molecule has 1 aromatic rings. The highest BCUT2D eigenvalue weighted by atomic mass is 32.2. The molecule has 0 aliphatic rings. The average Bonchev–Trinajstić information content (AvgIpc) is 2.70. The molecule has 0 aliphatic carbocycles. The van der Waals surface area contributed by atoms with E-state index in [1.807, 2.05) is 4.72 Å². The van der Waals surface area contributed by atoms with Crippen LogP contribution in [0.15, 0.2) is 15.6 Å². The zero-order valence-corrected chi connectivity index (χ0v) is 11.0. The van der Waals surface area contributed by atoms with Crippen molar-refractivity contribution in [3.05, 3.63) is 17.4 Å². The molecule has 0 unspecified atom stereocenters. The largest absolute Gasteiger partial charge is 0.465 e. The second kappa shape index (κ2) is 5.21. The molecule has 1 aromatic heterocycles. The van der Waals surface area contributed by atoms with Gasteiger partial charge in [-0.3, -0.25) is 4.79 Å². The van der Waals surface area contributed by atoms with Crippen LogP contribution in [-0.2, 0) is 19.6 Å². The van der Waals surface area contributed by atoms with E-state index in [-0.39, 0.29) is 17.7 Å². The summed E-state index contributed by atoms with van der Waals surface area (Å²) >= 11 is 0. The normalized spacial score (nSPS) is 11.1. The number of esters is 1. The molecule has 0 aliphatic heterocycles. The minimum Gasteiger partial charge on any atom is -0.465 e. The highest BCUT2D eigenvalue weighted by Gasteiger charge is 2.25. The van der Waals surface area contributed by atoms with Gasteiger partial charge in [-0.1, -0.05) is 6.92 Å². The predicted octanol–water partition coefficient (Wildman–Crippen LogP) is 0.590. The fourth-order valence-corrected chi connectivity index (χ4v) is 2.22. The number of furan rings is 1. The van der Waals surface area contributed by atoms with Crippen molar-refractivity contribution in [3.63, 3.8) is 0 Å². The first kappa shape index (κ1) is 14.2. The number of carbonyl (C=O) groups is 2. The van der Waals surface area contributed by atoms with Gasteiger partial charge in [-0.25, -0.2) is 9.52 Å². The average molecular weight is 275 g/mol. The van der Waals surface area contributed by atoms with Crippen molar-refractivity contribution in [1.82, 2.24) is 4.72 Å². The number of ether oxygens (including phenoxy) is 1. The molecule has 0 aromatic carbocycles. The lowest BCUT2D eigenvalue weighted by Crippen LogP contribution is -2.29. The van der Waals surface area contributed by atoms with Crippen LogP contribution in [0.3, 0.4) is 0 Å². The highest BCUT2D eigenvalue weighted by molar-refractivity contribution is 7.89. The first-order chi connectivity index (χ1) is 8.31. The molecule has 1 amide bonds. The molecule has 8 heteroatoms. The van der Waals surface area contributed by atoms with Gasteiger partial charge in [-0.2, -0.15) is 8.42 Å². The van der Waals surface area contributed by atoms with Gasteiger partial charge in [0.05, 0.1) is 7.11 Å². The molecule has 18 heavy (non-hydrogen) atoms. The van der Waals surface area contributed by atoms with Crippen molar-refractivity contribution >= 4 is 21.9 Å². The SMILES string of the molecule is CCC(=O)NS(=O)(=O)c1cc(C(=O)OC)c(C)o1. The van der Waals surface area contributed by atoms with Crippen LogP contribution in [0.4, 0.5) is 0 Å². The van der Waals surface area contributed by atoms with E-state index in [1.165, 1.54) is 21.0 Å². The second-order valence-corrected chi connectivity index (χ2v) is 5.02. The number of carbonyl (C=O) groups excluding carboxylic acids is 2. The lowest BCUT2D eigenvalue weighted by molar-refractivity contribution is -0.119. The van der Waals surface area contributed by atoms with Crippen LogP contribution in [0.1, 0.15) is 29.5 Å². The summed E-state index contributed by atoms with van der Waals surface area (Å²) in [6, 6.07) is 1.02. The number of amides is 1. The van der Waals surface area contributed by atoms with Crippen molar-refractivity contribution in [2.45, 2.75) is 25.4 Å². The lowest BCUT2D eigenvalue weighted by atomic mass is 10.3. The Morgan fingerprint density at radius 1 is 1.44 bits per heavy atom. The number of aryl methyl sites for hydroxylation is 1. The topological polar surface area (TPSA) is 103 Å². The maximum absolute atomic E-state index is 11.7. The quantitative estimate of drug-likeness (QED) is 0.807. The number of nitrogens with one attached hydrogen (secondary N) is 1. The lowest BCUT2D eigenvalue weighted by Gasteiger charge is -2.01. The van der Waals surface area contributed by atoms with Crippen molar-refractivity contribution in [2.75, 3.05) is 7.11 Å². The van der Waals surface area contributed by atoms with Gasteiger partial charge in [0.2, 0.25) is 11.0 Å². The van der Waals surface area contributed by atoms with Crippen LogP contribution >= 0.6 is 0 Å². The number of methoxy groups -OCH3 is 1. The van der Waals surface area contributed by atoms with Crippen molar-refractivity contribution in [2.24, 2.45) is 0 Å². The molecule has 1 heterocycles. The summed E-state index contributed by atoms with van der Waals surface area (Å²) < 4.78 is 34.6. The van der Waals surface area contributed by atoms with Gasteiger partial charge >= 0.3 is 5.97 Å². The van der Waals surface area contributed by atoms with Gasteiger partial charge in [-0.15, -0.1) is 0 Å². The van der Waals surface area contributed by atoms with E-state index in [0.29, 0.717) is 0 Å². The predicted molar refractivity (Wildman–Crippen MR) is 60.4 cm³/mol. The Kier molecular flexibility index (Phi) is 4.12. The molecule has 0 atom stereocenters. The zero-order chi connectivity index (χ0) is 13.9. The Morgan fingerprint density at radius 2 is 2.06 bits per heavy atom. The number of hydrogen-bond acceptors (Lipinski definition) is 6. The Bertz CT molecular complexity index is 571. The number of rotatable bonds is 4. The Morgan fingerprint density at radius 3 is 2.56 bits per heavy atom. The summed E-state index contributed by atoms with van der Waals surface area (Å²) in [5, 5.41) is -0.498. The zero-order valence-electron chi connectivity index (χ0n) is 10.1. The Hall–Kier alpha value is -1.83. The second-order valence-electron chi connectivity index (χ2n) is 3.41. The first-order valence-corrected chi connectivity index (χ1v) is 6.54. The van der Waals surface area contributed by atoms with E-state index >= 15 is 0 Å². The molecule has 1 rings (SSSR count). The molecule has 1 N–H and O–H groups in total. The highest BCUT2D eigenvalue weighted by Crippen LogP contribution is 2.19. The summed E-state index contributed by atoms with van der Waals surface area (Å²) in [5.41, 5.74) is 0.00169. The van der Waals surface area contributed by atoms with Gasteiger partial charge in [0, 0.05) is 12.5 Å². The van der Waals surface area contributed by atoms with E-state index in [4.69, 9.17) is 4.42 Å². The third-order valence-electron chi connectivity index (χ3n) is 2.13. The minimum absolute atomic E-state index is 0.00169. The van der Waals surface area contributed by atoms with Crippen LogP contribution in [0.5, 0.6) is 0 Å². The Labute approximate surface area is 104 Å². The molecule has 0 radical (unpaired) electrons. The maximum atomic E-state index is 11.7. The monoisotopic (exact) mass is 275 g/mol. The van der Waals surface area contributed by atoms with Crippen LogP contribution < -0.4 is 4.72 Å². The molecule has 0 fully saturated rings. The summed E-state index contributed by atoms with van der Waals surface area (Å²) in [4.78, 5) is 22.3. The van der Waals surface area contributed by atoms with E-state index in [0.717, 1.165) is 6.07 Å². The summed E-state index contributed by atoms with van der Waals surface area (Å²) in [6.45, 7) is 2.94. The fraction of sp³-hybridized carbons (Fsp3) is 0.400. The Balaban J connectivity index is 3.12. The summed E-state index contributed by atoms with van der Waals surface area (Å²) in [7, 11) is -2.92. The molecule has 0 saturated carbocycles. The number of hydrogen-bond donors (Lipinski definition) is 1. The molecular formula is C10H13NO6S. The van der Waals surface area contributed by atoms with E-state index in [2.05, 4.69) is 4.74 Å². The number of sulfonamides is 1. The van der Waals surface area contributed by atoms with Crippen LogP contribution in [0.25, 0.3) is 0 Å². The van der Waals surface area contributed by atoms with Crippen molar-refractivity contribution < 1.29 is 27.2 Å². The molecule has 0 spiro atoms. The van der Waals surface area contributed by atoms with Gasteiger partial charge in [0.1, 0.15) is 11.3 Å². The van der Waals surface area contributed by atoms with Crippen molar-refractivity contribution in [3.8, 4) is 0 Å². The van der Waals surface area contributed by atoms with Gasteiger partial charge in [-0.05, 0) is 6.92 Å². The molecule has 100 valence electrons. The first-order valence-electron chi connectivity index (χ1n) is 5.06. The van der Waals surface area contributed by atoms with Gasteiger partial charge < -0.3 is 9.15 Å². The van der Waals surface area contributed by atoms with Crippen LogP contribution in [0, 0.1) is 6.92 Å².